The Morgan fingerprint density at radius 3 is 2.41 bits per heavy atom. The van der Waals surface area contributed by atoms with Crippen LogP contribution in [0.25, 0.3) is 0 Å². The van der Waals surface area contributed by atoms with Gasteiger partial charge >= 0.3 is 0 Å². The largest absolute Gasteiger partial charge is 0.393 e. The standard InChI is InChI=1S/C16H24O/c1-13-7-9-14(10-8-13)11-12-16(17)15-5-3-2-4-6-15/h7-10,15-17H,2-6,11-12H2,1H3/t16-/m0/s1. The predicted molar refractivity (Wildman–Crippen MR) is 72.1 cm³/mol. The first kappa shape index (κ1) is 12.6. The van der Waals surface area contributed by atoms with Gasteiger partial charge in [-0.2, -0.15) is 0 Å². The molecule has 0 amide bonds. The maximum atomic E-state index is 10.2. The van der Waals surface area contributed by atoms with Gasteiger partial charge in [0.2, 0.25) is 0 Å². The molecule has 2 rings (SSSR count). The molecule has 1 aromatic rings. The lowest BCUT2D eigenvalue weighted by Gasteiger charge is -2.26. The number of aliphatic hydroxyl groups excluding tert-OH is 1. The lowest BCUT2D eigenvalue weighted by atomic mass is 9.83. The molecule has 17 heavy (non-hydrogen) atoms. The van der Waals surface area contributed by atoms with Crippen LogP contribution in [0.2, 0.25) is 0 Å². The smallest absolute Gasteiger partial charge is 0.0571 e. The van der Waals surface area contributed by atoms with E-state index in [0.29, 0.717) is 5.92 Å². The summed E-state index contributed by atoms with van der Waals surface area (Å²) < 4.78 is 0. The van der Waals surface area contributed by atoms with Crippen molar-refractivity contribution in [2.75, 3.05) is 0 Å². The van der Waals surface area contributed by atoms with Gasteiger partial charge in [-0.15, -0.1) is 0 Å². The Bertz CT molecular complexity index is 322. The average molecular weight is 232 g/mol. The lowest BCUT2D eigenvalue weighted by molar-refractivity contribution is 0.0775. The topological polar surface area (TPSA) is 20.2 Å². The number of aryl methyl sites for hydroxylation is 2. The summed E-state index contributed by atoms with van der Waals surface area (Å²) in [4.78, 5) is 0. The monoisotopic (exact) mass is 232 g/mol. The van der Waals surface area contributed by atoms with Gasteiger partial charge in [-0.25, -0.2) is 0 Å². The number of benzene rings is 1. The Hall–Kier alpha value is -0.820. The Morgan fingerprint density at radius 2 is 1.76 bits per heavy atom. The molecule has 0 unspecified atom stereocenters. The molecule has 0 radical (unpaired) electrons. The fourth-order valence-electron chi connectivity index (χ4n) is 2.82. The van der Waals surface area contributed by atoms with Crippen LogP contribution in [-0.2, 0) is 6.42 Å². The molecule has 1 aliphatic carbocycles. The van der Waals surface area contributed by atoms with E-state index in [2.05, 4.69) is 31.2 Å². The quantitative estimate of drug-likeness (QED) is 0.835. The highest BCUT2D eigenvalue weighted by Crippen LogP contribution is 2.28. The Morgan fingerprint density at radius 1 is 1.12 bits per heavy atom. The first-order valence-corrected chi connectivity index (χ1v) is 6.99. The molecule has 1 N–H and O–H groups in total. The zero-order valence-corrected chi connectivity index (χ0v) is 10.9. The summed E-state index contributed by atoms with van der Waals surface area (Å²) in [5, 5.41) is 10.2. The normalized spacial score (nSPS) is 19.2. The fourth-order valence-corrected chi connectivity index (χ4v) is 2.82. The minimum absolute atomic E-state index is 0.0865. The highest BCUT2D eigenvalue weighted by molar-refractivity contribution is 5.21. The fraction of sp³-hybridized carbons (Fsp3) is 0.625. The van der Waals surface area contributed by atoms with Gasteiger partial charge in [0.05, 0.1) is 6.10 Å². The maximum absolute atomic E-state index is 10.2. The van der Waals surface area contributed by atoms with Gasteiger partial charge in [-0.3, -0.25) is 0 Å². The van der Waals surface area contributed by atoms with Crippen LogP contribution < -0.4 is 0 Å². The summed E-state index contributed by atoms with van der Waals surface area (Å²) in [5.41, 5.74) is 2.66. The Kier molecular flexibility index (Phi) is 4.61. The molecule has 1 fully saturated rings. The van der Waals surface area contributed by atoms with Gasteiger partial charge in [0.25, 0.3) is 0 Å². The molecule has 1 aromatic carbocycles. The van der Waals surface area contributed by atoms with Crippen LogP contribution in [0, 0.1) is 12.8 Å². The van der Waals surface area contributed by atoms with Crippen LogP contribution in [0.5, 0.6) is 0 Å². The molecular formula is C16H24O. The van der Waals surface area contributed by atoms with E-state index >= 15 is 0 Å². The molecule has 0 saturated heterocycles. The van der Waals surface area contributed by atoms with Crippen molar-refractivity contribution in [1.82, 2.24) is 0 Å². The first-order valence-electron chi connectivity index (χ1n) is 6.99. The van der Waals surface area contributed by atoms with Crippen molar-refractivity contribution < 1.29 is 5.11 Å². The summed E-state index contributed by atoms with van der Waals surface area (Å²) in [6, 6.07) is 8.68. The van der Waals surface area contributed by atoms with Gasteiger partial charge < -0.3 is 5.11 Å². The summed E-state index contributed by atoms with van der Waals surface area (Å²) in [5.74, 6) is 0.564. The van der Waals surface area contributed by atoms with Gasteiger partial charge in [0.1, 0.15) is 0 Å². The number of aliphatic hydroxyl groups is 1. The van der Waals surface area contributed by atoms with Gasteiger partial charge in [-0.05, 0) is 44.1 Å². The first-order chi connectivity index (χ1) is 8.25. The van der Waals surface area contributed by atoms with Crippen molar-refractivity contribution in [3.63, 3.8) is 0 Å². The number of hydrogen-bond acceptors (Lipinski definition) is 1. The molecule has 0 aliphatic heterocycles. The summed E-state index contributed by atoms with van der Waals surface area (Å²) in [6.45, 7) is 2.11. The molecule has 1 nitrogen and oxygen atoms in total. The number of hydrogen-bond donors (Lipinski definition) is 1. The van der Waals surface area contributed by atoms with E-state index in [1.165, 1.54) is 43.2 Å². The average Bonchev–Trinajstić information content (AvgIpc) is 2.39. The van der Waals surface area contributed by atoms with E-state index in [1.54, 1.807) is 0 Å². The molecule has 1 atom stereocenters. The van der Waals surface area contributed by atoms with Crippen LogP contribution in [0.15, 0.2) is 24.3 Å². The van der Waals surface area contributed by atoms with Crippen LogP contribution >= 0.6 is 0 Å². The molecular weight excluding hydrogens is 208 g/mol. The van der Waals surface area contributed by atoms with E-state index in [9.17, 15) is 5.11 Å². The molecule has 1 heteroatoms. The highest BCUT2D eigenvalue weighted by Gasteiger charge is 2.21. The molecule has 0 heterocycles. The van der Waals surface area contributed by atoms with Crippen molar-refractivity contribution in [2.24, 2.45) is 5.92 Å². The summed E-state index contributed by atoms with van der Waals surface area (Å²) in [6.07, 6.45) is 8.30. The Labute approximate surface area is 105 Å². The predicted octanol–water partition coefficient (Wildman–Crippen LogP) is 3.87. The highest BCUT2D eigenvalue weighted by atomic mass is 16.3. The molecule has 0 aromatic heterocycles. The zero-order chi connectivity index (χ0) is 12.1. The van der Waals surface area contributed by atoms with Crippen molar-refractivity contribution >= 4 is 0 Å². The van der Waals surface area contributed by atoms with Crippen molar-refractivity contribution in [3.8, 4) is 0 Å². The van der Waals surface area contributed by atoms with Crippen LogP contribution in [0.1, 0.15) is 49.7 Å². The van der Waals surface area contributed by atoms with Gasteiger partial charge in [-0.1, -0.05) is 49.1 Å². The van der Waals surface area contributed by atoms with Crippen molar-refractivity contribution in [1.29, 1.82) is 0 Å². The van der Waals surface area contributed by atoms with Crippen LogP contribution in [-0.4, -0.2) is 11.2 Å². The van der Waals surface area contributed by atoms with Gasteiger partial charge in [0.15, 0.2) is 0 Å². The minimum atomic E-state index is -0.0865. The van der Waals surface area contributed by atoms with E-state index in [-0.39, 0.29) is 6.10 Å². The zero-order valence-electron chi connectivity index (χ0n) is 10.9. The summed E-state index contributed by atoms with van der Waals surface area (Å²) >= 11 is 0. The molecule has 94 valence electrons. The molecule has 1 aliphatic rings. The summed E-state index contributed by atoms with van der Waals surface area (Å²) in [7, 11) is 0. The third-order valence-electron chi connectivity index (χ3n) is 4.04. The Balaban J connectivity index is 1.78. The minimum Gasteiger partial charge on any atom is -0.393 e. The maximum Gasteiger partial charge on any atom is 0.0571 e. The van der Waals surface area contributed by atoms with E-state index < -0.39 is 0 Å². The molecule has 0 bridgehead atoms. The lowest BCUT2D eigenvalue weighted by Crippen LogP contribution is -2.23. The molecule has 1 saturated carbocycles. The SMILES string of the molecule is Cc1ccc(CC[C@H](O)C2CCCCC2)cc1. The second-order valence-electron chi connectivity index (χ2n) is 5.49. The second-order valence-corrected chi connectivity index (χ2v) is 5.49. The van der Waals surface area contributed by atoms with Crippen LogP contribution in [0.4, 0.5) is 0 Å². The van der Waals surface area contributed by atoms with Crippen molar-refractivity contribution in [3.05, 3.63) is 35.4 Å². The van der Waals surface area contributed by atoms with Crippen LogP contribution in [0.3, 0.4) is 0 Å². The number of rotatable bonds is 4. The third-order valence-corrected chi connectivity index (χ3v) is 4.04. The van der Waals surface area contributed by atoms with Crippen molar-refractivity contribution in [2.45, 2.75) is 58.0 Å². The van der Waals surface area contributed by atoms with E-state index in [1.807, 2.05) is 0 Å². The third kappa shape index (κ3) is 3.85. The molecule has 0 spiro atoms. The van der Waals surface area contributed by atoms with E-state index in [0.717, 1.165) is 12.8 Å². The second kappa shape index (κ2) is 6.20. The van der Waals surface area contributed by atoms with Gasteiger partial charge in [0, 0.05) is 0 Å². The van der Waals surface area contributed by atoms with E-state index in [4.69, 9.17) is 0 Å².